The van der Waals surface area contributed by atoms with Crippen LogP contribution in [0.5, 0.6) is 0 Å². The first-order valence-corrected chi connectivity index (χ1v) is 9.68. The number of thiocarbonyl (C=S) groups is 1. The fraction of sp³-hybridized carbons (Fsp3) is 0.105. The molecule has 0 saturated heterocycles. The fourth-order valence-electron chi connectivity index (χ4n) is 2.81. The van der Waals surface area contributed by atoms with Crippen LogP contribution in [0, 0.1) is 0 Å². The van der Waals surface area contributed by atoms with Crippen molar-refractivity contribution in [2.75, 3.05) is 18.5 Å². The second-order valence-electron chi connectivity index (χ2n) is 5.79. The van der Waals surface area contributed by atoms with Crippen LogP contribution in [-0.4, -0.2) is 32.7 Å². The highest BCUT2D eigenvalue weighted by Crippen LogP contribution is 2.30. The number of benzene rings is 3. The number of aliphatic imine (C=N–C) groups is 1. The molecule has 5 nitrogen and oxygen atoms in total. The summed E-state index contributed by atoms with van der Waals surface area (Å²) in [4.78, 5) is 4.15. The molecule has 0 unspecified atom stereocenters. The number of hydrazine groups is 1. The van der Waals surface area contributed by atoms with E-state index >= 15 is 0 Å². The van der Waals surface area contributed by atoms with E-state index < -0.39 is 10.0 Å². The lowest BCUT2D eigenvalue weighted by Crippen LogP contribution is -2.42. The van der Waals surface area contributed by atoms with Crippen LogP contribution in [-0.2, 0) is 10.0 Å². The summed E-state index contributed by atoms with van der Waals surface area (Å²) in [7, 11) is -0.440. The van der Waals surface area contributed by atoms with Crippen LogP contribution in [0.15, 0.2) is 76.6 Å². The van der Waals surface area contributed by atoms with Crippen LogP contribution < -0.4 is 4.41 Å². The molecule has 0 aliphatic carbocycles. The number of fused-ring (bicyclic) bond motifs is 1. The molecule has 0 heterocycles. The van der Waals surface area contributed by atoms with Crippen LogP contribution in [0.25, 0.3) is 10.8 Å². The zero-order chi connectivity index (χ0) is 18.7. The molecule has 0 N–H and O–H groups in total. The Balaban J connectivity index is 2.16. The molecule has 0 aliphatic heterocycles. The van der Waals surface area contributed by atoms with E-state index in [0.717, 1.165) is 5.39 Å². The van der Waals surface area contributed by atoms with Crippen LogP contribution >= 0.6 is 12.2 Å². The summed E-state index contributed by atoms with van der Waals surface area (Å²) in [6.07, 6.45) is 0. The van der Waals surface area contributed by atoms with Gasteiger partial charge in [0.15, 0.2) is 0 Å². The maximum Gasteiger partial charge on any atom is 0.278 e. The Morgan fingerprint density at radius 3 is 2.23 bits per heavy atom. The summed E-state index contributed by atoms with van der Waals surface area (Å²) in [6, 6.07) is 19.5. The van der Waals surface area contributed by atoms with Crippen molar-refractivity contribution in [1.82, 2.24) is 5.01 Å². The quantitative estimate of drug-likeness (QED) is 0.376. The topological polar surface area (TPSA) is 53.0 Å². The molecule has 0 amide bonds. The van der Waals surface area contributed by atoms with Gasteiger partial charge in [0, 0.05) is 19.5 Å². The van der Waals surface area contributed by atoms with Gasteiger partial charge in [-0.1, -0.05) is 36.4 Å². The van der Waals surface area contributed by atoms with Crippen molar-refractivity contribution < 1.29 is 8.42 Å². The number of hydrogen-bond acceptors (Lipinski definition) is 5. The average molecular weight is 383 g/mol. The molecule has 3 aromatic rings. The van der Waals surface area contributed by atoms with E-state index in [2.05, 4.69) is 22.4 Å². The first kappa shape index (κ1) is 18.2. The minimum atomic E-state index is -3.81. The zero-order valence-corrected chi connectivity index (χ0v) is 16.0. The number of isothiocyanates is 1. The molecule has 7 heteroatoms. The maximum atomic E-state index is 13.4. The Hall–Kier alpha value is -2.57. The highest BCUT2D eigenvalue weighted by atomic mass is 32.2. The number of anilines is 1. The fourth-order valence-corrected chi connectivity index (χ4v) is 4.64. The third kappa shape index (κ3) is 3.38. The largest absolute Gasteiger partial charge is 0.278 e. The second-order valence-corrected chi connectivity index (χ2v) is 7.71. The Morgan fingerprint density at radius 2 is 1.58 bits per heavy atom. The third-order valence-electron chi connectivity index (χ3n) is 3.86. The van der Waals surface area contributed by atoms with Gasteiger partial charge in [0.05, 0.1) is 21.4 Å². The van der Waals surface area contributed by atoms with Crippen LogP contribution in [0.1, 0.15) is 0 Å². The molecule has 3 rings (SSSR count). The number of hydrogen-bond donors (Lipinski definition) is 0. The van der Waals surface area contributed by atoms with Crippen molar-refractivity contribution >= 4 is 49.5 Å². The number of sulfonamides is 1. The van der Waals surface area contributed by atoms with Gasteiger partial charge in [-0.05, 0) is 47.9 Å². The Labute approximate surface area is 158 Å². The van der Waals surface area contributed by atoms with E-state index in [1.54, 1.807) is 50.5 Å². The minimum absolute atomic E-state index is 0.255. The molecule has 0 saturated carbocycles. The van der Waals surface area contributed by atoms with Gasteiger partial charge < -0.3 is 0 Å². The van der Waals surface area contributed by atoms with E-state index in [1.165, 1.54) is 9.42 Å². The minimum Gasteiger partial charge on any atom is -0.213 e. The molecule has 0 fully saturated rings. The van der Waals surface area contributed by atoms with Crippen molar-refractivity contribution in [3.05, 3.63) is 66.7 Å². The van der Waals surface area contributed by atoms with Crippen LogP contribution in [0.4, 0.5) is 11.4 Å². The predicted octanol–water partition coefficient (Wildman–Crippen LogP) is 4.25. The molecule has 26 heavy (non-hydrogen) atoms. The molecule has 0 atom stereocenters. The summed E-state index contributed by atoms with van der Waals surface area (Å²) in [5.41, 5.74) is 1.12. The predicted molar refractivity (Wildman–Crippen MR) is 108 cm³/mol. The van der Waals surface area contributed by atoms with E-state index in [0.29, 0.717) is 16.8 Å². The van der Waals surface area contributed by atoms with Gasteiger partial charge in [0.25, 0.3) is 10.0 Å². The molecule has 3 aromatic carbocycles. The number of nitrogens with zero attached hydrogens (tertiary/aromatic N) is 3. The molecule has 0 bridgehead atoms. The molecular formula is C19H17N3O2S2. The normalized spacial score (nSPS) is 11.3. The molecule has 0 aliphatic rings. The average Bonchev–Trinajstić information content (AvgIpc) is 2.62. The van der Waals surface area contributed by atoms with Crippen molar-refractivity contribution in [3.8, 4) is 0 Å². The number of rotatable bonds is 5. The SMILES string of the molecule is CN(C)N(c1ccc(N=C=S)cc1)S(=O)(=O)c1cccc2ccccc12. The van der Waals surface area contributed by atoms with Crippen LogP contribution in [0.2, 0.25) is 0 Å². The van der Waals surface area contributed by atoms with Crippen LogP contribution in [0.3, 0.4) is 0 Å². The monoisotopic (exact) mass is 383 g/mol. The van der Waals surface area contributed by atoms with E-state index in [9.17, 15) is 8.42 Å². The smallest absolute Gasteiger partial charge is 0.213 e. The molecule has 132 valence electrons. The first-order valence-electron chi connectivity index (χ1n) is 7.83. The summed E-state index contributed by atoms with van der Waals surface area (Å²) in [5, 5.41) is 5.39. The Morgan fingerprint density at radius 1 is 0.923 bits per heavy atom. The van der Waals surface area contributed by atoms with E-state index in [1.807, 2.05) is 30.3 Å². The van der Waals surface area contributed by atoms with Gasteiger partial charge in [-0.3, -0.25) is 0 Å². The van der Waals surface area contributed by atoms with Crippen molar-refractivity contribution in [2.24, 2.45) is 4.99 Å². The summed E-state index contributed by atoms with van der Waals surface area (Å²) < 4.78 is 28.1. The van der Waals surface area contributed by atoms with Gasteiger partial charge in [-0.25, -0.2) is 5.01 Å². The summed E-state index contributed by atoms with van der Waals surface area (Å²) in [6.45, 7) is 0. The van der Waals surface area contributed by atoms with E-state index in [4.69, 9.17) is 0 Å². The van der Waals surface area contributed by atoms with Crippen molar-refractivity contribution in [1.29, 1.82) is 0 Å². The lowest BCUT2D eigenvalue weighted by molar-refractivity contribution is 0.425. The molecule has 0 spiro atoms. The highest BCUT2D eigenvalue weighted by Gasteiger charge is 2.28. The van der Waals surface area contributed by atoms with Crippen molar-refractivity contribution in [3.63, 3.8) is 0 Å². The molecule has 0 radical (unpaired) electrons. The van der Waals surface area contributed by atoms with E-state index in [-0.39, 0.29) is 4.90 Å². The van der Waals surface area contributed by atoms with Gasteiger partial charge in [0.2, 0.25) is 0 Å². The van der Waals surface area contributed by atoms with Gasteiger partial charge >= 0.3 is 0 Å². The maximum absolute atomic E-state index is 13.4. The lowest BCUT2D eigenvalue weighted by atomic mass is 10.1. The zero-order valence-electron chi connectivity index (χ0n) is 14.3. The van der Waals surface area contributed by atoms with Gasteiger partial charge in [0.1, 0.15) is 0 Å². The third-order valence-corrected chi connectivity index (χ3v) is 5.86. The Kier molecular flexibility index (Phi) is 5.15. The summed E-state index contributed by atoms with van der Waals surface area (Å²) in [5.74, 6) is 0. The van der Waals surface area contributed by atoms with Crippen molar-refractivity contribution in [2.45, 2.75) is 4.90 Å². The Bertz CT molecular complexity index is 1080. The molecule has 0 aromatic heterocycles. The standard InChI is InChI=1S/C19H17N3O2S2/c1-21(2)22(17-12-10-16(11-13-17)20-14-25)26(23,24)19-9-5-7-15-6-3-4-8-18(15)19/h3-13H,1-2H3. The summed E-state index contributed by atoms with van der Waals surface area (Å²) >= 11 is 4.60. The van der Waals surface area contributed by atoms with Gasteiger partial charge in [-0.2, -0.15) is 17.8 Å². The lowest BCUT2D eigenvalue weighted by Gasteiger charge is -2.30. The molecular weight excluding hydrogens is 366 g/mol. The first-order chi connectivity index (χ1) is 12.4. The highest BCUT2D eigenvalue weighted by molar-refractivity contribution is 7.93. The van der Waals surface area contributed by atoms with Gasteiger partial charge in [-0.15, -0.1) is 0 Å². The second kappa shape index (κ2) is 7.35.